The van der Waals surface area contributed by atoms with Gasteiger partial charge in [0.25, 0.3) is 0 Å². The number of phenols is 1. The number of hydrogen-bond donors (Lipinski definition) is 1. The Hall–Kier alpha value is -1.22. The number of aromatic hydroxyl groups is 1. The third kappa shape index (κ3) is 3.16. The predicted octanol–water partition coefficient (Wildman–Crippen LogP) is 3.17. The summed E-state index contributed by atoms with van der Waals surface area (Å²) < 4.78 is 5.42. The van der Waals surface area contributed by atoms with Crippen LogP contribution in [-0.4, -0.2) is 29.7 Å². The molecule has 2 rings (SSSR count). The molecule has 1 aromatic rings. The zero-order chi connectivity index (χ0) is 13.0. The molecular formula is C15H23NO2. The van der Waals surface area contributed by atoms with Gasteiger partial charge < -0.3 is 9.84 Å². The Labute approximate surface area is 109 Å². The number of hydrogen-bond acceptors (Lipinski definition) is 3. The van der Waals surface area contributed by atoms with Gasteiger partial charge in [0.15, 0.2) is 11.5 Å². The lowest BCUT2D eigenvalue weighted by molar-refractivity contribution is 0.236. The SMILES string of the molecule is CCOc1cc(CN(C)C2CCCC2)ccc1O. The van der Waals surface area contributed by atoms with Gasteiger partial charge in [-0.25, -0.2) is 0 Å². The molecule has 0 atom stereocenters. The van der Waals surface area contributed by atoms with Gasteiger partial charge in [-0.15, -0.1) is 0 Å². The number of nitrogens with zero attached hydrogens (tertiary/aromatic N) is 1. The summed E-state index contributed by atoms with van der Waals surface area (Å²) in [6.07, 6.45) is 5.34. The zero-order valence-corrected chi connectivity index (χ0v) is 11.4. The van der Waals surface area contributed by atoms with Gasteiger partial charge in [0.05, 0.1) is 6.61 Å². The van der Waals surface area contributed by atoms with Crippen LogP contribution in [0, 0.1) is 0 Å². The molecule has 1 fully saturated rings. The van der Waals surface area contributed by atoms with Gasteiger partial charge in [-0.05, 0) is 44.5 Å². The van der Waals surface area contributed by atoms with E-state index in [-0.39, 0.29) is 5.75 Å². The third-order valence-corrected chi connectivity index (χ3v) is 3.70. The number of rotatable bonds is 5. The average molecular weight is 249 g/mol. The molecule has 0 saturated heterocycles. The van der Waals surface area contributed by atoms with Gasteiger partial charge in [0, 0.05) is 12.6 Å². The van der Waals surface area contributed by atoms with Crippen LogP contribution in [0.3, 0.4) is 0 Å². The minimum absolute atomic E-state index is 0.226. The van der Waals surface area contributed by atoms with Gasteiger partial charge in [0.1, 0.15) is 0 Å². The monoisotopic (exact) mass is 249 g/mol. The van der Waals surface area contributed by atoms with Gasteiger partial charge >= 0.3 is 0 Å². The fraction of sp³-hybridized carbons (Fsp3) is 0.600. The minimum atomic E-state index is 0.226. The minimum Gasteiger partial charge on any atom is -0.504 e. The first kappa shape index (κ1) is 13.2. The standard InChI is InChI=1S/C15H23NO2/c1-3-18-15-10-12(8-9-14(15)17)11-16(2)13-6-4-5-7-13/h8-10,13,17H,3-7,11H2,1-2H3. The molecule has 1 N–H and O–H groups in total. The summed E-state index contributed by atoms with van der Waals surface area (Å²) in [7, 11) is 2.18. The maximum atomic E-state index is 9.67. The molecule has 1 saturated carbocycles. The Kier molecular flexibility index (Phi) is 4.48. The molecule has 1 aliphatic carbocycles. The highest BCUT2D eigenvalue weighted by molar-refractivity contribution is 5.41. The Morgan fingerprint density at radius 1 is 1.33 bits per heavy atom. The first-order valence-electron chi connectivity index (χ1n) is 6.85. The molecule has 100 valence electrons. The van der Waals surface area contributed by atoms with Crippen molar-refractivity contribution in [3.8, 4) is 11.5 Å². The van der Waals surface area contributed by atoms with Crippen molar-refractivity contribution < 1.29 is 9.84 Å². The summed E-state index contributed by atoms with van der Waals surface area (Å²) in [6.45, 7) is 3.43. The molecule has 3 heteroatoms. The van der Waals surface area contributed by atoms with Crippen molar-refractivity contribution >= 4 is 0 Å². The van der Waals surface area contributed by atoms with Gasteiger partial charge in [-0.3, -0.25) is 4.90 Å². The third-order valence-electron chi connectivity index (χ3n) is 3.70. The van der Waals surface area contributed by atoms with Crippen molar-refractivity contribution in [1.29, 1.82) is 0 Å². The quantitative estimate of drug-likeness (QED) is 0.870. The van der Waals surface area contributed by atoms with E-state index in [1.54, 1.807) is 6.07 Å². The van der Waals surface area contributed by atoms with E-state index < -0.39 is 0 Å². The normalized spacial score (nSPS) is 16.4. The van der Waals surface area contributed by atoms with Crippen molar-refractivity contribution in [3.63, 3.8) is 0 Å². The first-order chi connectivity index (χ1) is 8.70. The molecule has 0 radical (unpaired) electrons. The van der Waals surface area contributed by atoms with E-state index in [1.165, 1.54) is 31.2 Å². The summed E-state index contributed by atoms with van der Waals surface area (Å²) in [5.74, 6) is 0.818. The van der Waals surface area contributed by atoms with Crippen LogP contribution in [0.2, 0.25) is 0 Å². The van der Waals surface area contributed by atoms with Gasteiger partial charge in [0.2, 0.25) is 0 Å². The van der Waals surface area contributed by atoms with Crippen LogP contribution in [0.1, 0.15) is 38.2 Å². The maximum Gasteiger partial charge on any atom is 0.161 e. The van der Waals surface area contributed by atoms with Crippen molar-refractivity contribution in [3.05, 3.63) is 23.8 Å². The Morgan fingerprint density at radius 2 is 2.06 bits per heavy atom. The van der Waals surface area contributed by atoms with Crippen LogP contribution in [-0.2, 0) is 6.54 Å². The second-order valence-corrected chi connectivity index (χ2v) is 5.09. The van der Waals surface area contributed by atoms with Crippen molar-refractivity contribution in [2.75, 3.05) is 13.7 Å². The predicted molar refractivity (Wildman–Crippen MR) is 73.0 cm³/mol. The molecule has 0 heterocycles. The van der Waals surface area contributed by atoms with Crippen LogP contribution in [0.5, 0.6) is 11.5 Å². The number of ether oxygens (including phenoxy) is 1. The highest BCUT2D eigenvalue weighted by atomic mass is 16.5. The van der Waals surface area contributed by atoms with E-state index in [9.17, 15) is 5.11 Å². The van der Waals surface area contributed by atoms with Crippen LogP contribution in [0.4, 0.5) is 0 Å². The summed E-state index contributed by atoms with van der Waals surface area (Å²) in [6, 6.07) is 6.37. The maximum absolute atomic E-state index is 9.67. The lowest BCUT2D eigenvalue weighted by atomic mass is 10.1. The number of phenolic OH excluding ortho intramolecular Hbond substituents is 1. The van der Waals surface area contributed by atoms with Crippen molar-refractivity contribution in [2.24, 2.45) is 0 Å². The molecule has 0 spiro atoms. The van der Waals surface area contributed by atoms with Crippen LogP contribution in [0.25, 0.3) is 0 Å². The molecule has 1 aliphatic rings. The molecule has 0 unspecified atom stereocenters. The summed E-state index contributed by atoms with van der Waals surface area (Å²) in [5.41, 5.74) is 1.20. The average Bonchev–Trinajstić information content (AvgIpc) is 2.87. The fourth-order valence-electron chi connectivity index (χ4n) is 2.69. The summed E-state index contributed by atoms with van der Waals surface area (Å²) in [4.78, 5) is 2.41. The first-order valence-corrected chi connectivity index (χ1v) is 6.85. The van der Waals surface area contributed by atoms with E-state index >= 15 is 0 Å². The lowest BCUT2D eigenvalue weighted by Gasteiger charge is -2.24. The van der Waals surface area contributed by atoms with Gasteiger partial charge in [-0.2, -0.15) is 0 Å². The fourth-order valence-corrected chi connectivity index (χ4v) is 2.69. The van der Waals surface area contributed by atoms with Crippen molar-refractivity contribution in [2.45, 2.75) is 45.2 Å². The molecule has 18 heavy (non-hydrogen) atoms. The molecule has 0 aliphatic heterocycles. The molecule has 3 nitrogen and oxygen atoms in total. The van der Waals surface area contributed by atoms with Crippen LogP contribution in [0.15, 0.2) is 18.2 Å². The Morgan fingerprint density at radius 3 is 2.72 bits per heavy atom. The summed E-state index contributed by atoms with van der Waals surface area (Å²) >= 11 is 0. The highest BCUT2D eigenvalue weighted by Gasteiger charge is 2.19. The second-order valence-electron chi connectivity index (χ2n) is 5.09. The highest BCUT2D eigenvalue weighted by Crippen LogP contribution is 2.29. The molecule has 0 aromatic heterocycles. The van der Waals surface area contributed by atoms with Crippen molar-refractivity contribution in [1.82, 2.24) is 4.90 Å². The smallest absolute Gasteiger partial charge is 0.161 e. The van der Waals surface area contributed by atoms with Crippen LogP contribution < -0.4 is 4.74 Å². The second kappa shape index (κ2) is 6.10. The van der Waals surface area contributed by atoms with E-state index in [2.05, 4.69) is 11.9 Å². The molecule has 1 aromatic carbocycles. The Bertz CT molecular complexity index is 386. The number of benzene rings is 1. The topological polar surface area (TPSA) is 32.7 Å². The van der Waals surface area contributed by atoms with E-state index in [0.717, 1.165) is 6.54 Å². The van der Waals surface area contributed by atoms with Gasteiger partial charge in [-0.1, -0.05) is 18.9 Å². The van der Waals surface area contributed by atoms with Crippen LogP contribution >= 0.6 is 0 Å². The zero-order valence-electron chi connectivity index (χ0n) is 11.4. The molecular weight excluding hydrogens is 226 g/mol. The largest absolute Gasteiger partial charge is 0.504 e. The lowest BCUT2D eigenvalue weighted by Crippen LogP contribution is -2.28. The molecule has 0 amide bonds. The molecule has 0 bridgehead atoms. The van der Waals surface area contributed by atoms with E-state index in [0.29, 0.717) is 18.4 Å². The van der Waals surface area contributed by atoms with E-state index in [1.807, 2.05) is 19.1 Å². The Balaban J connectivity index is 2.01. The van der Waals surface area contributed by atoms with E-state index in [4.69, 9.17) is 4.74 Å². The summed E-state index contributed by atoms with van der Waals surface area (Å²) in [5, 5.41) is 9.67.